The Bertz CT molecular complexity index is 247. The molecule has 0 aliphatic rings. The molecule has 0 saturated heterocycles. The van der Waals surface area contributed by atoms with Crippen LogP contribution in [0, 0.1) is 0 Å². The summed E-state index contributed by atoms with van der Waals surface area (Å²) >= 11 is 0. The maximum atomic E-state index is 10.9. The standard InChI is InChI=1S/C9H15NO4/c1-4-14-8(11)5-6(2)10-7(3)9(12)13/h5,7,10H,4H2,1-3H3,(H,12,13)/b6-5+/t7-/m0/s1. The molecule has 0 bridgehead atoms. The Balaban J connectivity index is 4.12. The number of allylic oxidation sites excluding steroid dienone is 1. The Kier molecular flexibility index (Phi) is 5.36. The number of hydrogen-bond acceptors (Lipinski definition) is 4. The van der Waals surface area contributed by atoms with E-state index in [0.29, 0.717) is 12.3 Å². The van der Waals surface area contributed by atoms with Crippen molar-refractivity contribution in [3.05, 3.63) is 11.8 Å². The zero-order valence-corrected chi connectivity index (χ0v) is 8.53. The van der Waals surface area contributed by atoms with E-state index in [-0.39, 0.29) is 0 Å². The van der Waals surface area contributed by atoms with Gasteiger partial charge in [0.15, 0.2) is 0 Å². The molecule has 5 nitrogen and oxygen atoms in total. The van der Waals surface area contributed by atoms with Gasteiger partial charge in [0.2, 0.25) is 0 Å². The van der Waals surface area contributed by atoms with Crippen LogP contribution in [0.3, 0.4) is 0 Å². The van der Waals surface area contributed by atoms with Crippen molar-refractivity contribution in [3.8, 4) is 0 Å². The molecule has 0 aliphatic heterocycles. The zero-order chi connectivity index (χ0) is 11.1. The number of carboxylic acid groups (broad SMARTS) is 1. The van der Waals surface area contributed by atoms with Crippen LogP contribution in [-0.2, 0) is 14.3 Å². The van der Waals surface area contributed by atoms with Crippen LogP contribution >= 0.6 is 0 Å². The van der Waals surface area contributed by atoms with Gasteiger partial charge in [-0.2, -0.15) is 0 Å². The highest BCUT2D eigenvalue weighted by atomic mass is 16.5. The molecule has 2 N–H and O–H groups in total. The summed E-state index contributed by atoms with van der Waals surface area (Å²) in [4.78, 5) is 21.4. The fraction of sp³-hybridized carbons (Fsp3) is 0.556. The molecule has 0 fully saturated rings. The third kappa shape index (κ3) is 5.18. The third-order valence-corrected chi connectivity index (χ3v) is 1.44. The van der Waals surface area contributed by atoms with Gasteiger partial charge in [-0.25, -0.2) is 4.79 Å². The molecule has 0 aromatic heterocycles. The average Bonchev–Trinajstić information content (AvgIpc) is 2.03. The van der Waals surface area contributed by atoms with Crippen molar-refractivity contribution in [2.24, 2.45) is 0 Å². The van der Waals surface area contributed by atoms with Crippen molar-refractivity contribution in [3.63, 3.8) is 0 Å². The number of ether oxygens (including phenoxy) is 1. The zero-order valence-electron chi connectivity index (χ0n) is 8.53. The quantitative estimate of drug-likeness (QED) is 0.501. The van der Waals surface area contributed by atoms with E-state index >= 15 is 0 Å². The first-order valence-electron chi connectivity index (χ1n) is 4.31. The van der Waals surface area contributed by atoms with Crippen molar-refractivity contribution in [1.82, 2.24) is 5.32 Å². The summed E-state index contributed by atoms with van der Waals surface area (Å²) < 4.78 is 4.65. The molecule has 1 atom stereocenters. The maximum absolute atomic E-state index is 10.9. The summed E-state index contributed by atoms with van der Waals surface area (Å²) in [6.07, 6.45) is 1.23. The molecule has 0 aliphatic carbocycles. The second-order valence-corrected chi connectivity index (χ2v) is 2.78. The number of carbonyl (C=O) groups is 2. The van der Waals surface area contributed by atoms with Crippen molar-refractivity contribution in [2.45, 2.75) is 26.8 Å². The normalized spacial score (nSPS) is 13.2. The lowest BCUT2D eigenvalue weighted by Crippen LogP contribution is -2.32. The molecule has 0 heterocycles. The highest BCUT2D eigenvalue weighted by Gasteiger charge is 2.09. The predicted molar refractivity (Wildman–Crippen MR) is 50.6 cm³/mol. The summed E-state index contributed by atoms with van der Waals surface area (Å²) in [6, 6.07) is -0.722. The third-order valence-electron chi connectivity index (χ3n) is 1.44. The fourth-order valence-electron chi connectivity index (χ4n) is 0.806. The maximum Gasteiger partial charge on any atom is 0.332 e. The lowest BCUT2D eigenvalue weighted by Gasteiger charge is -2.10. The molecule has 0 rings (SSSR count). The number of carboxylic acids is 1. The van der Waals surface area contributed by atoms with E-state index in [1.54, 1.807) is 13.8 Å². The van der Waals surface area contributed by atoms with Crippen molar-refractivity contribution in [1.29, 1.82) is 0 Å². The van der Waals surface area contributed by atoms with Crippen molar-refractivity contribution >= 4 is 11.9 Å². The summed E-state index contributed by atoms with van der Waals surface area (Å²) in [7, 11) is 0. The van der Waals surface area contributed by atoms with Crippen LogP contribution in [-0.4, -0.2) is 29.7 Å². The molecule has 0 radical (unpaired) electrons. The van der Waals surface area contributed by atoms with Crippen LogP contribution in [0.4, 0.5) is 0 Å². The number of carbonyl (C=O) groups excluding carboxylic acids is 1. The molecular weight excluding hydrogens is 186 g/mol. The van der Waals surface area contributed by atoms with E-state index in [4.69, 9.17) is 5.11 Å². The highest BCUT2D eigenvalue weighted by Crippen LogP contribution is 1.93. The first-order chi connectivity index (χ1) is 6.47. The largest absolute Gasteiger partial charge is 0.480 e. The number of esters is 1. The highest BCUT2D eigenvalue weighted by molar-refractivity contribution is 5.82. The molecule has 0 unspecified atom stereocenters. The minimum Gasteiger partial charge on any atom is -0.480 e. The van der Waals surface area contributed by atoms with Crippen molar-refractivity contribution < 1.29 is 19.4 Å². The summed E-state index contributed by atoms with van der Waals surface area (Å²) in [5.41, 5.74) is 0.471. The van der Waals surface area contributed by atoms with Gasteiger partial charge in [0.1, 0.15) is 6.04 Å². The molecule has 14 heavy (non-hydrogen) atoms. The smallest absolute Gasteiger partial charge is 0.332 e. The van der Waals surface area contributed by atoms with Crippen LogP contribution in [0.25, 0.3) is 0 Å². The summed E-state index contributed by atoms with van der Waals surface area (Å²) in [6.45, 7) is 5.10. The second-order valence-electron chi connectivity index (χ2n) is 2.78. The lowest BCUT2D eigenvalue weighted by molar-refractivity contribution is -0.139. The van der Waals surface area contributed by atoms with E-state index in [2.05, 4.69) is 10.1 Å². The van der Waals surface area contributed by atoms with Gasteiger partial charge in [0, 0.05) is 11.8 Å². The molecule has 5 heteroatoms. The summed E-state index contributed by atoms with van der Waals surface area (Å²) in [5, 5.41) is 11.2. The Labute approximate surface area is 82.7 Å². The molecule has 0 amide bonds. The molecule has 0 saturated carbocycles. The van der Waals surface area contributed by atoms with Gasteiger partial charge in [-0.3, -0.25) is 4.79 Å². The van der Waals surface area contributed by atoms with Gasteiger partial charge < -0.3 is 15.2 Å². The van der Waals surface area contributed by atoms with Gasteiger partial charge in [-0.05, 0) is 20.8 Å². The van der Waals surface area contributed by atoms with Gasteiger partial charge in [0.05, 0.1) is 6.61 Å². The van der Waals surface area contributed by atoms with Gasteiger partial charge in [0.25, 0.3) is 0 Å². The Morgan fingerprint density at radius 3 is 2.57 bits per heavy atom. The number of aliphatic carboxylic acids is 1. The molecular formula is C9H15NO4. The lowest BCUT2D eigenvalue weighted by atomic mass is 10.3. The SMILES string of the molecule is CCOC(=O)/C=C(\C)N[C@@H](C)C(=O)O. The van der Waals surface area contributed by atoms with Gasteiger partial charge in [-0.1, -0.05) is 0 Å². The molecule has 80 valence electrons. The van der Waals surface area contributed by atoms with E-state index in [0.717, 1.165) is 0 Å². The van der Waals surface area contributed by atoms with E-state index in [1.807, 2.05) is 0 Å². The van der Waals surface area contributed by atoms with Gasteiger partial charge in [-0.15, -0.1) is 0 Å². The number of nitrogens with one attached hydrogen (secondary N) is 1. The monoisotopic (exact) mass is 201 g/mol. The Morgan fingerprint density at radius 2 is 2.14 bits per heavy atom. The van der Waals surface area contributed by atoms with Crippen LogP contribution in [0.15, 0.2) is 11.8 Å². The van der Waals surface area contributed by atoms with Gasteiger partial charge >= 0.3 is 11.9 Å². The van der Waals surface area contributed by atoms with Crippen LogP contribution < -0.4 is 5.32 Å². The Hall–Kier alpha value is -1.52. The minimum atomic E-state index is -0.971. The van der Waals surface area contributed by atoms with E-state index in [1.165, 1.54) is 13.0 Å². The average molecular weight is 201 g/mol. The molecule has 0 aromatic carbocycles. The fourth-order valence-corrected chi connectivity index (χ4v) is 0.806. The van der Waals surface area contributed by atoms with Crippen LogP contribution in [0.5, 0.6) is 0 Å². The molecule has 0 aromatic rings. The van der Waals surface area contributed by atoms with E-state index < -0.39 is 18.0 Å². The minimum absolute atomic E-state index is 0.303. The Morgan fingerprint density at radius 1 is 1.57 bits per heavy atom. The molecule has 0 spiro atoms. The van der Waals surface area contributed by atoms with Crippen LogP contribution in [0.1, 0.15) is 20.8 Å². The number of rotatable bonds is 5. The second kappa shape index (κ2) is 6.01. The number of hydrogen-bond donors (Lipinski definition) is 2. The topological polar surface area (TPSA) is 75.6 Å². The summed E-state index contributed by atoms with van der Waals surface area (Å²) in [5.74, 6) is -1.45. The van der Waals surface area contributed by atoms with E-state index in [9.17, 15) is 9.59 Å². The first kappa shape index (κ1) is 12.5. The predicted octanol–water partition coefficient (Wildman–Crippen LogP) is 0.516. The van der Waals surface area contributed by atoms with Crippen molar-refractivity contribution in [2.75, 3.05) is 6.61 Å². The first-order valence-corrected chi connectivity index (χ1v) is 4.31. The van der Waals surface area contributed by atoms with Crippen LogP contribution in [0.2, 0.25) is 0 Å².